The third kappa shape index (κ3) is 6.76. The maximum atomic E-state index is 11.6. The molecule has 0 bridgehead atoms. The molecule has 0 saturated carbocycles. The molecule has 0 aliphatic carbocycles. The van der Waals surface area contributed by atoms with Crippen molar-refractivity contribution in [3.63, 3.8) is 0 Å². The van der Waals surface area contributed by atoms with Crippen molar-refractivity contribution in [2.24, 2.45) is 4.99 Å². The van der Waals surface area contributed by atoms with E-state index >= 15 is 0 Å². The van der Waals surface area contributed by atoms with Gasteiger partial charge in [-0.3, -0.25) is 0 Å². The highest BCUT2D eigenvalue weighted by Gasteiger charge is 2.28. The summed E-state index contributed by atoms with van der Waals surface area (Å²) >= 11 is 0. The molecule has 1 aliphatic rings. The number of sulfone groups is 1. The van der Waals surface area contributed by atoms with E-state index in [0.29, 0.717) is 25.5 Å². The molecule has 2 heterocycles. The van der Waals surface area contributed by atoms with Gasteiger partial charge in [0.15, 0.2) is 15.8 Å². The van der Waals surface area contributed by atoms with Crippen molar-refractivity contribution in [2.75, 3.05) is 18.1 Å². The Morgan fingerprint density at radius 1 is 1.37 bits per heavy atom. The van der Waals surface area contributed by atoms with Crippen LogP contribution in [0.1, 0.15) is 24.5 Å². The summed E-state index contributed by atoms with van der Waals surface area (Å²) < 4.78 is 25.0. The van der Waals surface area contributed by atoms with Crippen LogP contribution in [0.2, 0.25) is 0 Å². The number of hydrogen-bond donors (Lipinski definition) is 2. The minimum absolute atomic E-state index is 0. The van der Waals surface area contributed by atoms with Crippen molar-refractivity contribution >= 4 is 39.8 Å². The van der Waals surface area contributed by atoms with Crippen molar-refractivity contribution in [1.82, 2.24) is 25.4 Å². The zero-order chi connectivity index (χ0) is 18.4. The molecule has 1 atom stereocenters. The lowest BCUT2D eigenvalue weighted by molar-refractivity contribution is 0.599. The third-order valence-electron chi connectivity index (χ3n) is 4.14. The predicted molar refractivity (Wildman–Crippen MR) is 116 cm³/mol. The molecular formula is C17H25IN6O2S. The molecule has 1 aliphatic heterocycles. The predicted octanol–water partition coefficient (Wildman–Crippen LogP) is 1.19. The van der Waals surface area contributed by atoms with Crippen LogP contribution in [0.5, 0.6) is 0 Å². The average Bonchev–Trinajstić information content (AvgIpc) is 3.22. The molecule has 10 heteroatoms. The number of halogens is 1. The molecule has 2 aromatic rings. The largest absolute Gasteiger partial charge is 0.357 e. The van der Waals surface area contributed by atoms with Crippen LogP contribution in [-0.2, 0) is 22.9 Å². The van der Waals surface area contributed by atoms with E-state index in [2.05, 4.69) is 31.8 Å². The molecule has 0 spiro atoms. The second-order valence-corrected chi connectivity index (χ2v) is 8.58. The first-order chi connectivity index (χ1) is 12.5. The fourth-order valence-electron chi connectivity index (χ4n) is 2.92. The van der Waals surface area contributed by atoms with E-state index in [-0.39, 0.29) is 41.5 Å². The topological polar surface area (TPSA) is 101 Å². The average molecular weight is 504 g/mol. The lowest BCUT2D eigenvalue weighted by Gasteiger charge is -2.15. The Bertz CT molecular complexity index is 854. The van der Waals surface area contributed by atoms with Crippen LogP contribution >= 0.6 is 24.0 Å². The summed E-state index contributed by atoms with van der Waals surface area (Å²) in [7, 11) is -2.91. The van der Waals surface area contributed by atoms with Gasteiger partial charge in [0, 0.05) is 12.6 Å². The van der Waals surface area contributed by atoms with Gasteiger partial charge < -0.3 is 10.6 Å². The summed E-state index contributed by atoms with van der Waals surface area (Å²) in [5, 5.41) is 10.5. The normalized spacial score (nSPS) is 18.7. The number of nitrogens with zero attached hydrogens (tertiary/aromatic N) is 4. The molecule has 0 radical (unpaired) electrons. The van der Waals surface area contributed by atoms with E-state index < -0.39 is 9.84 Å². The number of aromatic nitrogens is 3. The minimum Gasteiger partial charge on any atom is -0.357 e. The Morgan fingerprint density at radius 2 is 2.19 bits per heavy atom. The summed E-state index contributed by atoms with van der Waals surface area (Å²) in [6, 6.07) is 8.09. The van der Waals surface area contributed by atoms with E-state index in [0.717, 1.165) is 17.7 Å². The molecule has 0 amide bonds. The molecule has 8 nitrogen and oxygen atoms in total. The van der Waals surface area contributed by atoms with Crippen molar-refractivity contribution in [2.45, 2.75) is 32.5 Å². The molecule has 1 saturated heterocycles. The van der Waals surface area contributed by atoms with Crippen LogP contribution in [0.4, 0.5) is 0 Å². The number of hydrogen-bond acceptors (Lipinski definition) is 5. The molecule has 1 unspecified atom stereocenters. The van der Waals surface area contributed by atoms with Crippen molar-refractivity contribution in [3.8, 4) is 0 Å². The first-order valence-corrected chi connectivity index (χ1v) is 10.5. The molecule has 148 valence electrons. The second kappa shape index (κ2) is 10.0. The number of rotatable bonds is 6. The standard InChI is InChI=1S/C17H24N6O2S.HI/c1-2-19-17(22-16-6-7-26(24,25)11-16)20-9-14-4-3-5-15(8-14)10-23-13-18-12-21-23;/h3-5,8,12-13,16H,2,6-7,9-11H2,1H3,(H2,19,20,22);1H. The van der Waals surface area contributed by atoms with Gasteiger partial charge in [-0.05, 0) is 24.5 Å². The van der Waals surface area contributed by atoms with Crippen molar-refractivity contribution in [1.29, 1.82) is 0 Å². The summed E-state index contributed by atoms with van der Waals surface area (Å²) in [6.45, 7) is 3.88. The smallest absolute Gasteiger partial charge is 0.191 e. The number of benzene rings is 1. The van der Waals surface area contributed by atoms with Gasteiger partial charge in [0.05, 0.1) is 24.6 Å². The van der Waals surface area contributed by atoms with Gasteiger partial charge in [-0.25, -0.2) is 23.1 Å². The van der Waals surface area contributed by atoms with Crippen LogP contribution in [0.25, 0.3) is 0 Å². The first-order valence-electron chi connectivity index (χ1n) is 8.69. The Kier molecular flexibility index (Phi) is 8.02. The van der Waals surface area contributed by atoms with E-state index in [1.165, 1.54) is 6.33 Å². The fourth-order valence-corrected chi connectivity index (χ4v) is 4.59. The Balaban J connectivity index is 0.00000261. The third-order valence-corrected chi connectivity index (χ3v) is 5.91. The molecular weight excluding hydrogens is 479 g/mol. The van der Waals surface area contributed by atoms with E-state index in [9.17, 15) is 8.42 Å². The molecule has 2 N–H and O–H groups in total. The highest BCUT2D eigenvalue weighted by molar-refractivity contribution is 14.0. The molecule has 27 heavy (non-hydrogen) atoms. The van der Waals surface area contributed by atoms with Gasteiger partial charge in [-0.1, -0.05) is 24.3 Å². The lowest BCUT2D eigenvalue weighted by Crippen LogP contribution is -2.44. The Labute approximate surface area is 176 Å². The minimum atomic E-state index is -2.91. The SMILES string of the molecule is CCNC(=NCc1cccc(Cn2cncn2)c1)NC1CCS(=O)(=O)C1.I. The quantitative estimate of drug-likeness (QED) is 0.348. The Hall–Kier alpha value is -1.69. The molecule has 1 aromatic heterocycles. The maximum Gasteiger partial charge on any atom is 0.191 e. The second-order valence-electron chi connectivity index (χ2n) is 6.35. The van der Waals surface area contributed by atoms with Crippen molar-refractivity contribution in [3.05, 3.63) is 48.0 Å². The monoisotopic (exact) mass is 504 g/mol. The van der Waals surface area contributed by atoms with Gasteiger partial charge in [-0.15, -0.1) is 24.0 Å². The zero-order valence-electron chi connectivity index (χ0n) is 15.2. The van der Waals surface area contributed by atoms with Gasteiger partial charge in [0.1, 0.15) is 12.7 Å². The van der Waals surface area contributed by atoms with Crippen LogP contribution in [-0.4, -0.2) is 53.2 Å². The van der Waals surface area contributed by atoms with Crippen LogP contribution < -0.4 is 10.6 Å². The van der Waals surface area contributed by atoms with Gasteiger partial charge in [-0.2, -0.15) is 5.10 Å². The lowest BCUT2D eigenvalue weighted by atomic mass is 10.1. The summed E-state index contributed by atoms with van der Waals surface area (Å²) in [4.78, 5) is 8.55. The summed E-state index contributed by atoms with van der Waals surface area (Å²) in [6.07, 6.45) is 3.83. The number of nitrogens with one attached hydrogen (secondary N) is 2. The molecule has 1 aromatic carbocycles. The van der Waals surface area contributed by atoms with Crippen LogP contribution in [0.3, 0.4) is 0 Å². The summed E-state index contributed by atoms with van der Waals surface area (Å²) in [5.41, 5.74) is 2.21. The van der Waals surface area contributed by atoms with E-state index in [1.807, 2.05) is 25.1 Å². The van der Waals surface area contributed by atoms with Gasteiger partial charge >= 0.3 is 0 Å². The van der Waals surface area contributed by atoms with Gasteiger partial charge in [0.2, 0.25) is 0 Å². The highest BCUT2D eigenvalue weighted by Crippen LogP contribution is 2.11. The first kappa shape index (κ1) is 21.6. The number of guanidine groups is 1. The Morgan fingerprint density at radius 3 is 2.85 bits per heavy atom. The highest BCUT2D eigenvalue weighted by atomic mass is 127. The zero-order valence-corrected chi connectivity index (χ0v) is 18.4. The summed E-state index contributed by atoms with van der Waals surface area (Å²) in [5.74, 6) is 1.07. The molecule has 3 rings (SSSR count). The van der Waals surface area contributed by atoms with E-state index in [1.54, 1.807) is 11.0 Å². The number of aliphatic imine (C=N–C) groups is 1. The maximum absolute atomic E-state index is 11.6. The molecule has 1 fully saturated rings. The van der Waals surface area contributed by atoms with Crippen LogP contribution in [0, 0.1) is 0 Å². The van der Waals surface area contributed by atoms with Crippen LogP contribution in [0.15, 0.2) is 41.9 Å². The fraction of sp³-hybridized carbons (Fsp3) is 0.471. The van der Waals surface area contributed by atoms with Gasteiger partial charge in [0.25, 0.3) is 0 Å². The van der Waals surface area contributed by atoms with E-state index in [4.69, 9.17) is 0 Å². The van der Waals surface area contributed by atoms with Crippen molar-refractivity contribution < 1.29 is 8.42 Å².